The predicted octanol–water partition coefficient (Wildman–Crippen LogP) is 2.59. The smallest absolute Gasteiger partial charge is 0.243 e. The van der Waals surface area contributed by atoms with E-state index in [1.165, 1.54) is 4.80 Å². The number of nitrogens with zero attached hydrogens (tertiary/aromatic N) is 4. The maximum absolute atomic E-state index is 12.0. The number of hydrogen-bond donors (Lipinski definition) is 1. The Kier molecular flexibility index (Phi) is 6.80. The first-order valence-corrected chi connectivity index (χ1v) is 9.18. The van der Waals surface area contributed by atoms with Crippen molar-refractivity contribution < 1.29 is 14.3 Å². The van der Waals surface area contributed by atoms with E-state index in [4.69, 9.17) is 21.1 Å². The van der Waals surface area contributed by atoms with E-state index in [1.807, 2.05) is 43.3 Å². The summed E-state index contributed by atoms with van der Waals surface area (Å²) in [6.07, 6.45) is 0. The number of rotatable bonds is 9. The van der Waals surface area contributed by atoms with E-state index in [1.54, 1.807) is 12.1 Å². The van der Waals surface area contributed by atoms with Crippen LogP contribution in [-0.2, 0) is 11.3 Å². The fourth-order valence-electron chi connectivity index (χ4n) is 2.40. The fourth-order valence-corrected chi connectivity index (χ4v) is 2.62. The summed E-state index contributed by atoms with van der Waals surface area (Å²) in [5.41, 5.74) is 0.666. The van der Waals surface area contributed by atoms with Crippen LogP contribution in [0.1, 0.15) is 6.92 Å². The summed E-state index contributed by atoms with van der Waals surface area (Å²) >= 11 is 6.12. The zero-order valence-corrected chi connectivity index (χ0v) is 16.1. The molecule has 1 aromatic heterocycles. The van der Waals surface area contributed by atoms with E-state index in [-0.39, 0.29) is 12.5 Å². The molecule has 2 aromatic carbocycles. The van der Waals surface area contributed by atoms with Gasteiger partial charge in [-0.2, -0.15) is 4.80 Å². The highest BCUT2D eigenvalue weighted by Crippen LogP contribution is 2.23. The third-order valence-electron chi connectivity index (χ3n) is 3.68. The largest absolute Gasteiger partial charge is 0.494 e. The van der Waals surface area contributed by atoms with Crippen molar-refractivity contribution in [1.29, 1.82) is 0 Å². The zero-order chi connectivity index (χ0) is 19.8. The van der Waals surface area contributed by atoms with Crippen LogP contribution in [0, 0.1) is 0 Å². The van der Waals surface area contributed by atoms with Gasteiger partial charge in [-0.15, -0.1) is 10.2 Å². The van der Waals surface area contributed by atoms with Crippen molar-refractivity contribution in [2.24, 2.45) is 0 Å². The molecule has 0 aliphatic heterocycles. The van der Waals surface area contributed by atoms with Crippen LogP contribution in [0.5, 0.6) is 11.5 Å². The van der Waals surface area contributed by atoms with Gasteiger partial charge in [-0.1, -0.05) is 23.7 Å². The number of amides is 1. The second-order valence-corrected chi connectivity index (χ2v) is 6.13. The second kappa shape index (κ2) is 9.70. The molecule has 0 unspecified atom stereocenters. The van der Waals surface area contributed by atoms with Gasteiger partial charge in [-0.25, -0.2) is 0 Å². The average molecular weight is 402 g/mol. The van der Waals surface area contributed by atoms with Crippen molar-refractivity contribution in [2.45, 2.75) is 13.5 Å². The highest BCUT2D eigenvalue weighted by molar-refractivity contribution is 6.33. The van der Waals surface area contributed by atoms with Crippen LogP contribution in [0.4, 0.5) is 0 Å². The Labute approximate surface area is 167 Å². The van der Waals surface area contributed by atoms with Crippen LogP contribution < -0.4 is 14.8 Å². The molecule has 28 heavy (non-hydrogen) atoms. The molecule has 3 aromatic rings. The molecule has 1 heterocycles. The van der Waals surface area contributed by atoms with Crippen molar-refractivity contribution in [2.75, 3.05) is 19.8 Å². The predicted molar refractivity (Wildman–Crippen MR) is 104 cm³/mol. The minimum Gasteiger partial charge on any atom is -0.494 e. The third-order valence-corrected chi connectivity index (χ3v) is 4.01. The van der Waals surface area contributed by atoms with Gasteiger partial charge in [-0.3, -0.25) is 4.79 Å². The summed E-state index contributed by atoms with van der Waals surface area (Å²) in [6.45, 7) is 3.21. The number of nitrogens with one attached hydrogen (secondary N) is 1. The lowest BCUT2D eigenvalue weighted by molar-refractivity contribution is -0.122. The minimum atomic E-state index is -0.238. The summed E-state index contributed by atoms with van der Waals surface area (Å²) in [6, 6.07) is 14.5. The van der Waals surface area contributed by atoms with E-state index in [0.29, 0.717) is 41.9 Å². The van der Waals surface area contributed by atoms with E-state index in [9.17, 15) is 4.79 Å². The van der Waals surface area contributed by atoms with E-state index in [2.05, 4.69) is 20.7 Å². The quantitative estimate of drug-likeness (QED) is 0.554. The third kappa shape index (κ3) is 5.43. The lowest BCUT2D eigenvalue weighted by Gasteiger charge is -2.08. The number of benzene rings is 2. The molecule has 0 aliphatic rings. The molecule has 0 spiro atoms. The fraction of sp³-hybridized carbons (Fsp3) is 0.263. The van der Waals surface area contributed by atoms with Gasteiger partial charge < -0.3 is 14.8 Å². The summed E-state index contributed by atoms with van der Waals surface area (Å²) in [7, 11) is 0. The van der Waals surface area contributed by atoms with Crippen LogP contribution in [0.25, 0.3) is 11.4 Å². The first kappa shape index (κ1) is 19.6. The number of tetrazole rings is 1. The molecule has 0 saturated heterocycles. The van der Waals surface area contributed by atoms with Crippen molar-refractivity contribution in [3.63, 3.8) is 0 Å². The molecule has 8 nitrogen and oxygen atoms in total. The molecule has 0 saturated carbocycles. The maximum Gasteiger partial charge on any atom is 0.243 e. The second-order valence-electron chi connectivity index (χ2n) is 5.73. The number of carbonyl (C=O) groups excluding carboxylic acids is 1. The monoisotopic (exact) mass is 401 g/mol. The number of aromatic nitrogens is 4. The Morgan fingerprint density at radius 3 is 2.54 bits per heavy atom. The lowest BCUT2D eigenvalue weighted by atomic mass is 10.2. The lowest BCUT2D eigenvalue weighted by Crippen LogP contribution is -2.31. The topological polar surface area (TPSA) is 91.2 Å². The van der Waals surface area contributed by atoms with Gasteiger partial charge >= 0.3 is 0 Å². The Balaban J connectivity index is 1.42. The van der Waals surface area contributed by atoms with Crippen molar-refractivity contribution in [3.05, 3.63) is 53.6 Å². The molecular formula is C19H20ClN5O3. The van der Waals surface area contributed by atoms with Gasteiger partial charge in [0.15, 0.2) is 0 Å². The summed E-state index contributed by atoms with van der Waals surface area (Å²) in [5.74, 6) is 1.63. The summed E-state index contributed by atoms with van der Waals surface area (Å²) < 4.78 is 11.0. The molecule has 9 heteroatoms. The van der Waals surface area contributed by atoms with E-state index in [0.717, 1.165) is 5.75 Å². The van der Waals surface area contributed by atoms with Crippen LogP contribution in [0.15, 0.2) is 48.5 Å². The molecule has 0 fully saturated rings. The van der Waals surface area contributed by atoms with E-state index >= 15 is 0 Å². The first-order valence-electron chi connectivity index (χ1n) is 8.81. The number of hydrogen-bond acceptors (Lipinski definition) is 6. The van der Waals surface area contributed by atoms with Crippen molar-refractivity contribution in [3.8, 4) is 22.9 Å². The molecule has 0 atom stereocenters. The number of ether oxygens (including phenoxy) is 2. The van der Waals surface area contributed by atoms with Gasteiger partial charge in [0, 0.05) is 5.56 Å². The average Bonchev–Trinajstić information content (AvgIpc) is 3.15. The van der Waals surface area contributed by atoms with Crippen LogP contribution in [0.2, 0.25) is 5.02 Å². The van der Waals surface area contributed by atoms with Crippen molar-refractivity contribution >= 4 is 17.5 Å². The Morgan fingerprint density at radius 2 is 1.82 bits per heavy atom. The molecule has 0 bridgehead atoms. The Hall–Kier alpha value is -3.13. The summed E-state index contributed by atoms with van der Waals surface area (Å²) in [4.78, 5) is 13.2. The van der Waals surface area contributed by atoms with Gasteiger partial charge in [0.2, 0.25) is 11.7 Å². The molecule has 1 amide bonds. The molecule has 0 radical (unpaired) electrons. The SMILES string of the molecule is CCOc1ccc(OCCNC(=O)Cn2nnc(-c3ccccc3Cl)n2)cc1. The highest BCUT2D eigenvalue weighted by atomic mass is 35.5. The first-order chi connectivity index (χ1) is 13.7. The molecule has 1 N–H and O–H groups in total. The highest BCUT2D eigenvalue weighted by Gasteiger charge is 2.11. The van der Waals surface area contributed by atoms with Gasteiger partial charge in [0.25, 0.3) is 0 Å². The summed E-state index contributed by atoms with van der Waals surface area (Å²) in [5, 5.41) is 15.3. The Morgan fingerprint density at radius 1 is 1.11 bits per heavy atom. The molecular weight excluding hydrogens is 382 g/mol. The van der Waals surface area contributed by atoms with E-state index < -0.39 is 0 Å². The molecule has 0 aliphatic carbocycles. The number of carbonyl (C=O) groups is 1. The standard InChI is InChI=1S/C19H20ClN5O3/c1-2-27-14-7-9-15(10-8-14)28-12-11-21-18(26)13-25-23-19(22-24-25)16-5-3-4-6-17(16)20/h3-10H,2,11-13H2,1H3,(H,21,26). The van der Waals surface area contributed by atoms with Gasteiger partial charge in [0.05, 0.1) is 18.2 Å². The minimum absolute atomic E-state index is 0.0412. The van der Waals surface area contributed by atoms with Gasteiger partial charge in [-0.05, 0) is 48.5 Å². The van der Waals surface area contributed by atoms with Gasteiger partial charge in [0.1, 0.15) is 24.7 Å². The zero-order valence-electron chi connectivity index (χ0n) is 15.3. The Bertz CT molecular complexity index is 914. The van der Waals surface area contributed by atoms with Crippen molar-refractivity contribution in [1.82, 2.24) is 25.5 Å². The molecule has 3 rings (SSSR count). The molecule has 146 valence electrons. The van der Waals surface area contributed by atoms with Crippen LogP contribution >= 0.6 is 11.6 Å². The van der Waals surface area contributed by atoms with Crippen LogP contribution in [0.3, 0.4) is 0 Å². The van der Waals surface area contributed by atoms with Crippen LogP contribution in [-0.4, -0.2) is 45.9 Å². The number of halogens is 1. The maximum atomic E-state index is 12.0. The normalized spacial score (nSPS) is 10.5.